The molecule has 0 radical (unpaired) electrons. The molecule has 0 saturated heterocycles. The van der Waals surface area contributed by atoms with Crippen molar-refractivity contribution in [2.24, 2.45) is 0 Å². The molecule has 0 aliphatic heterocycles. The van der Waals surface area contributed by atoms with Gasteiger partial charge in [-0.25, -0.2) is 0 Å². The van der Waals surface area contributed by atoms with Crippen molar-refractivity contribution < 1.29 is 31.5 Å². The Morgan fingerprint density at radius 1 is 1.28 bits per heavy atom. The van der Waals surface area contributed by atoms with Crippen LogP contribution in [0.5, 0.6) is 5.75 Å². The molecule has 1 rings (SSSR count). The van der Waals surface area contributed by atoms with Gasteiger partial charge < -0.3 is 4.74 Å². The van der Waals surface area contributed by atoms with Crippen molar-refractivity contribution in [2.45, 2.75) is 26.6 Å². The number of alkyl halides is 5. The van der Waals surface area contributed by atoms with E-state index in [1.807, 2.05) is 0 Å². The molecule has 7 heteroatoms. The molecule has 0 heterocycles. The van der Waals surface area contributed by atoms with Crippen LogP contribution in [0.4, 0.5) is 22.0 Å². The van der Waals surface area contributed by atoms with Gasteiger partial charge in [-0.05, 0) is 31.5 Å². The Morgan fingerprint density at radius 2 is 1.83 bits per heavy atom. The van der Waals surface area contributed by atoms with Crippen LogP contribution in [-0.4, -0.2) is 12.4 Å². The van der Waals surface area contributed by atoms with Crippen LogP contribution in [0.3, 0.4) is 0 Å². The first-order chi connectivity index (χ1) is 8.14. The predicted molar refractivity (Wildman–Crippen MR) is 52.8 cm³/mol. The Labute approximate surface area is 99.4 Å². The maximum atomic E-state index is 12.8. The molecule has 0 amide bonds. The average Bonchev–Trinajstić information content (AvgIpc) is 2.13. The number of benzene rings is 1. The molecule has 0 atom stereocenters. The maximum Gasteiger partial charge on any atom is 0.420 e. The summed E-state index contributed by atoms with van der Waals surface area (Å²) in [4.78, 5) is 11.1. The zero-order valence-corrected chi connectivity index (χ0v) is 9.44. The molecule has 0 aromatic heterocycles. The van der Waals surface area contributed by atoms with Gasteiger partial charge in [-0.3, -0.25) is 4.79 Å². The number of Topliss-reactive ketones (excluding diaryl/α,β-unsaturated/α-hetero) is 1. The largest absolute Gasteiger partial charge is 0.434 e. The summed E-state index contributed by atoms with van der Waals surface area (Å²) >= 11 is 0. The van der Waals surface area contributed by atoms with E-state index >= 15 is 0 Å². The molecular formula is C11H9F5O2. The van der Waals surface area contributed by atoms with Gasteiger partial charge in [0.2, 0.25) is 0 Å². The molecule has 0 fully saturated rings. The third-order valence-corrected chi connectivity index (χ3v) is 2.31. The fourth-order valence-electron chi connectivity index (χ4n) is 1.61. The molecule has 0 unspecified atom stereocenters. The monoisotopic (exact) mass is 268 g/mol. The first-order valence-electron chi connectivity index (χ1n) is 4.81. The van der Waals surface area contributed by atoms with E-state index in [9.17, 15) is 26.7 Å². The fraction of sp³-hybridized carbons (Fsp3) is 0.364. The highest BCUT2D eigenvalue weighted by Crippen LogP contribution is 2.40. The normalized spacial score (nSPS) is 11.8. The zero-order valence-electron chi connectivity index (χ0n) is 9.44. The summed E-state index contributed by atoms with van der Waals surface area (Å²) in [5.74, 6) is -1.57. The van der Waals surface area contributed by atoms with Crippen LogP contribution >= 0.6 is 0 Å². The SMILES string of the molecule is CC(=O)c1ccc(OC(F)F)c(C(F)(F)F)c1C. The summed E-state index contributed by atoms with van der Waals surface area (Å²) in [6, 6.07) is 1.75. The molecule has 0 spiro atoms. The molecular weight excluding hydrogens is 259 g/mol. The van der Waals surface area contributed by atoms with Gasteiger partial charge in [-0.2, -0.15) is 22.0 Å². The Kier molecular flexibility index (Phi) is 3.93. The molecule has 0 N–H and O–H groups in total. The van der Waals surface area contributed by atoms with E-state index in [2.05, 4.69) is 4.74 Å². The summed E-state index contributed by atoms with van der Waals surface area (Å²) in [5, 5.41) is 0. The summed E-state index contributed by atoms with van der Waals surface area (Å²) in [6.07, 6.45) is -4.88. The predicted octanol–water partition coefficient (Wildman–Crippen LogP) is 3.82. The van der Waals surface area contributed by atoms with E-state index in [1.165, 1.54) is 0 Å². The number of carbonyl (C=O) groups is 1. The number of ketones is 1. The summed E-state index contributed by atoms with van der Waals surface area (Å²) in [7, 11) is 0. The lowest BCUT2D eigenvalue weighted by atomic mass is 9.98. The summed E-state index contributed by atoms with van der Waals surface area (Å²) in [6.45, 7) is -1.23. The van der Waals surface area contributed by atoms with Crippen molar-refractivity contribution in [2.75, 3.05) is 0 Å². The lowest BCUT2D eigenvalue weighted by Crippen LogP contribution is -2.15. The third-order valence-electron chi connectivity index (χ3n) is 2.31. The molecule has 0 aliphatic rings. The lowest BCUT2D eigenvalue weighted by molar-refractivity contribution is -0.142. The first kappa shape index (κ1) is 14.4. The molecule has 1 aromatic rings. The Hall–Kier alpha value is -1.66. The molecule has 100 valence electrons. The highest BCUT2D eigenvalue weighted by Gasteiger charge is 2.38. The summed E-state index contributed by atoms with van der Waals surface area (Å²) < 4.78 is 66.2. The smallest absolute Gasteiger partial charge is 0.420 e. The molecule has 0 bridgehead atoms. The molecule has 0 aliphatic carbocycles. The fourth-order valence-corrected chi connectivity index (χ4v) is 1.61. The van der Waals surface area contributed by atoms with Crippen LogP contribution in [0.1, 0.15) is 28.4 Å². The Morgan fingerprint density at radius 3 is 2.22 bits per heavy atom. The van der Waals surface area contributed by atoms with Gasteiger partial charge in [-0.1, -0.05) is 0 Å². The van der Waals surface area contributed by atoms with Crippen molar-refractivity contribution in [1.29, 1.82) is 0 Å². The quantitative estimate of drug-likeness (QED) is 0.615. The lowest BCUT2D eigenvalue weighted by Gasteiger charge is -2.17. The van der Waals surface area contributed by atoms with Crippen molar-refractivity contribution in [3.63, 3.8) is 0 Å². The van der Waals surface area contributed by atoms with Crippen molar-refractivity contribution in [3.05, 3.63) is 28.8 Å². The maximum absolute atomic E-state index is 12.8. The number of halogens is 5. The average molecular weight is 268 g/mol. The number of carbonyl (C=O) groups excluding carboxylic acids is 1. The number of ether oxygens (including phenoxy) is 1. The zero-order chi connectivity index (χ0) is 14.1. The minimum Gasteiger partial charge on any atom is -0.434 e. The van der Waals surface area contributed by atoms with Crippen LogP contribution in [0, 0.1) is 6.92 Å². The van der Waals surface area contributed by atoms with Crippen LogP contribution in [0.2, 0.25) is 0 Å². The molecule has 2 nitrogen and oxygen atoms in total. The second kappa shape index (κ2) is 4.91. The van der Waals surface area contributed by atoms with Gasteiger partial charge in [-0.15, -0.1) is 0 Å². The second-order valence-corrected chi connectivity index (χ2v) is 3.54. The highest BCUT2D eigenvalue weighted by atomic mass is 19.4. The highest BCUT2D eigenvalue weighted by molar-refractivity contribution is 5.96. The van der Waals surface area contributed by atoms with Gasteiger partial charge in [0, 0.05) is 5.56 Å². The Bertz CT molecular complexity index is 465. The number of rotatable bonds is 3. The van der Waals surface area contributed by atoms with Crippen LogP contribution < -0.4 is 4.74 Å². The standard InChI is InChI=1S/C11H9F5O2/c1-5-7(6(2)17)3-4-8(18-10(12)13)9(5)11(14,15)16/h3-4,10H,1-2H3. The number of hydrogen-bond acceptors (Lipinski definition) is 2. The van der Waals surface area contributed by atoms with Gasteiger partial charge in [0.1, 0.15) is 11.3 Å². The van der Waals surface area contributed by atoms with Crippen molar-refractivity contribution in [3.8, 4) is 5.75 Å². The van der Waals surface area contributed by atoms with Crippen LogP contribution in [-0.2, 0) is 6.18 Å². The molecule has 0 saturated carbocycles. The first-order valence-corrected chi connectivity index (χ1v) is 4.81. The number of hydrogen-bond donors (Lipinski definition) is 0. The van der Waals surface area contributed by atoms with Gasteiger partial charge in [0.15, 0.2) is 5.78 Å². The second-order valence-electron chi connectivity index (χ2n) is 3.54. The molecule has 18 heavy (non-hydrogen) atoms. The van der Waals surface area contributed by atoms with E-state index in [0.717, 1.165) is 26.0 Å². The van der Waals surface area contributed by atoms with E-state index in [-0.39, 0.29) is 5.56 Å². The Balaban J connectivity index is 3.47. The minimum absolute atomic E-state index is 0.177. The van der Waals surface area contributed by atoms with E-state index in [1.54, 1.807) is 0 Å². The van der Waals surface area contributed by atoms with Gasteiger partial charge >= 0.3 is 12.8 Å². The van der Waals surface area contributed by atoms with E-state index in [4.69, 9.17) is 0 Å². The third kappa shape index (κ3) is 2.96. The minimum atomic E-state index is -4.88. The van der Waals surface area contributed by atoms with Gasteiger partial charge in [0.05, 0.1) is 0 Å². The summed E-state index contributed by atoms with van der Waals surface area (Å²) in [5.41, 5.74) is -1.95. The van der Waals surface area contributed by atoms with Crippen molar-refractivity contribution >= 4 is 5.78 Å². The van der Waals surface area contributed by atoms with Crippen LogP contribution in [0.15, 0.2) is 12.1 Å². The van der Waals surface area contributed by atoms with Gasteiger partial charge in [0.25, 0.3) is 0 Å². The molecule has 1 aromatic carbocycles. The van der Waals surface area contributed by atoms with Crippen molar-refractivity contribution in [1.82, 2.24) is 0 Å². The topological polar surface area (TPSA) is 26.3 Å². The van der Waals surface area contributed by atoms with E-state index < -0.39 is 35.4 Å². The van der Waals surface area contributed by atoms with Crippen LogP contribution in [0.25, 0.3) is 0 Å². The van der Waals surface area contributed by atoms with E-state index in [0.29, 0.717) is 0 Å².